The Morgan fingerprint density at radius 2 is 2.23 bits per heavy atom. The van der Waals surface area contributed by atoms with Crippen LogP contribution in [-0.2, 0) is 6.61 Å². The van der Waals surface area contributed by atoms with Crippen LogP contribution in [0.3, 0.4) is 0 Å². The van der Waals surface area contributed by atoms with E-state index >= 15 is 0 Å². The maximum Gasteiger partial charge on any atom is 0.264 e. The zero-order valence-electron chi connectivity index (χ0n) is 14.1. The average molecular weight is 370 g/mol. The number of ether oxygens (including phenoxy) is 1. The van der Waals surface area contributed by atoms with Gasteiger partial charge in [0.1, 0.15) is 5.75 Å². The summed E-state index contributed by atoms with van der Waals surface area (Å²) < 4.78 is 10.9. The summed E-state index contributed by atoms with van der Waals surface area (Å²) in [6.45, 7) is 1.62. The third-order valence-electron chi connectivity index (χ3n) is 4.40. The Morgan fingerprint density at radius 1 is 1.35 bits per heavy atom. The van der Waals surface area contributed by atoms with Gasteiger partial charge in [-0.15, -0.1) is 0 Å². The van der Waals surface area contributed by atoms with Crippen molar-refractivity contribution >= 4 is 17.2 Å². The summed E-state index contributed by atoms with van der Waals surface area (Å²) in [7, 11) is 0. The van der Waals surface area contributed by atoms with E-state index in [0.29, 0.717) is 30.6 Å². The number of carbonyl (C=O) groups is 1. The molecule has 0 N–H and O–H groups in total. The fraction of sp³-hybridized carbons (Fsp3) is 0.333. The summed E-state index contributed by atoms with van der Waals surface area (Å²) in [6, 6.07) is 5.50. The number of aromatic nitrogens is 3. The first kappa shape index (κ1) is 16.7. The van der Waals surface area contributed by atoms with Gasteiger partial charge >= 0.3 is 0 Å². The minimum Gasteiger partial charge on any atom is -0.482 e. The number of nitrogens with zero attached hydrogens (tertiary/aromatic N) is 4. The summed E-state index contributed by atoms with van der Waals surface area (Å²) in [5, 5.41) is 7.90. The number of amides is 1. The molecule has 0 saturated carbocycles. The number of piperidine rings is 1. The minimum atomic E-state index is 0.100. The maximum atomic E-state index is 12.4. The van der Waals surface area contributed by atoms with Crippen molar-refractivity contribution in [3.8, 4) is 5.75 Å². The number of thiophene rings is 1. The van der Waals surface area contributed by atoms with Gasteiger partial charge in [-0.05, 0) is 36.4 Å². The highest BCUT2D eigenvalue weighted by Gasteiger charge is 2.27. The second kappa shape index (κ2) is 7.65. The number of likely N-dealkylation sites (tertiary alicyclic amines) is 1. The van der Waals surface area contributed by atoms with Crippen molar-refractivity contribution in [3.63, 3.8) is 0 Å². The lowest BCUT2D eigenvalue weighted by Gasteiger charge is -2.30. The van der Waals surface area contributed by atoms with Gasteiger partial charge in [0.25, 0.3) is 11.8 Å². The van der Waals surface area contributed by atoms with Crippen LogP contribution in [0.4, 0.5) is 0 Å². The zero-order valence-corrected chi connectivity index (χ0v) is 14.9. The topological polar surface area (TPSA) is 81.4 Å². The molecule has 1 aliphatic rings. The van der Waals surface area contributed by atoms with Gasteiger partial charge in [-0.1, -0.05) is 5.16 Å². The van der Waals surface area contributed by atoms with Gasteiger partial charge in [0, 0.05) is 30.6 Å². The second-order valence-corrected chi connectivity index (χ2v) is 6.88. The summed E-state index contributed by atoms with van der Waals surface area (Å²) in [5.74, 6) is 2.10. The van der Waals surface area contributed by atoms with E-state index in [1.54, 1.807) is 18.5 Å². The predicted molar refractivity (Wildman–Crippen MR) is 95.1 cm³/mol. The van der Waals surface area contributed by atoms with Crippen LogP contribution in [0.25, 0.3) is 0 Å². The molecule has 7 nitrogen and oxygen atoms in total. The van der Waals surface area contributed by atoms with Crippen LogP contribution >= 0.6 is 11.3 Å². The molecule has 0 aliphatic carbocycles. The van der Waals surface area contributed by atoms with E-state index in [9.17, 15) is 4.79 Å². The quantitative estimate of drug-likeness (QED) is 0.686. The van der Waals surface area contributed by atoms with Gasteiger partial charge in [-0.25, -0.2) is 0 Å². The first-order valence-corrected chi connectivity index (χ1v) is 9.40. The molecule has 3 aromatic rings. The Labute approximate surface area is 154 Å². The highest BCUT2D eigenvalue weighted by atomic mass is 32.1. The van der Waals surface area contributed by atoms with Gasteiger partial charge in [0.05, 0.1) is 11.8 Å². The second-order valence-electron chi connectivity index (χ2n) is 6.10. The SMILES string of the molecule is O=C(c1ccsc1)N1CCC(c2noc(COc3cccnc3)n2)CC1. The number of carbonyl (C=O) groups excluding carboxylic acids is 1. The lowest BCUT2D eigenvalue weighted by Crippen LogP contribution is -2.37. The smallest absolute Gasteiger partial charge is 0.264 e. The van der Waals surface area contributed by atoms with E-state index in [2.05, 4.69) is 15.1 Å². The van der Waals surface area contributed by atoms with Gasteiger partial charge < -0.3 is 14.2 Å². The number of rotatable bonds is 5. The number of pyridine rings is 1. The van der Waals surface area contributed by atoms with Crippen molar-refractivity contribution < 1.29 is 14.1 Å². The molecule has 134 valence electrons. The summed E-state index contributed by atoms with van der Waals surface area (Å²) in [5.41, 5.74) is 0.767. The van der Waals surface area contributed by atoms with Crippen molar-refractivity contribution in [2.24, 2.45) is 0 Å². The van der Waals surface area contributed by atoms with Crippen molar-refractivity contribution in [3.05, 3.63) is 58.6 Å². The van der Waals surface area contributed by atoms with Gasteiger partial charge in [-0.2, -0.15) is 16.3 Å². The van der Waals surface area contributed by atoms with Crippen molar-refractivity contribution in [2.75, 3.05) is 13.1 Å². The Bertz CT molecular complexity index is 842. The van der Waals surface area contributed by atoms with Gasteiger partial charge in [0.15, 0.2) is 12.4 Å². The summed E-state index contributed by atoms with van der Waals surface area (Å²) >= 11 is 1.54. The Hall–Kier alpha value is -2.74. The molecule has 1 fully saturated rings. The van der Waals surface area contributed by atoms with Crippen LogP contribution in [0.1, 0.15) is 40.8 Å². The lowest BCUT2D eigenvalue weighted by molar-refractivity contribution is 0.0711. The molecule has 0 bridgehead atoms. The van der Waals surface area contributed by atoms with E-state index in [-0.39, 0.29) is 18.4 Å². The van der Waals surface area contributed by atoms with Crippen molar-refractivity contribution in [1.82, 2.24) is 20.0 Å². The molecule has 4 rings (SSSR count). The zero-order chi connectivity index (χ0) is 17.8. The molecule has 0 unspecified atom stereocenters. The van der Waals surface area contributed by atoms with Crippen LogP contribution in [0.2, 0.25) is 0 Å². The Kier molecular flexibility index (Phi) is 4.92. The highest BCUT2D eigenvalue weighted by molar-refractivity contribution is 7.08. The summed E-state index contributed by atoms with van der Waals surface area (Å²) in [4.78, 5) is 22.7. The summed E-state index contributed by atoms with van der Waals surface area (Å²) in [6.07, 6.45) is 4.99. The fourth-order valence-electron chi connectivity index (χ4n) is 2.98. The molecular formula is C18H18N4O3S. The minimum absolute atomic E-state index is 0.100. The van der Waals surface area contributed by atoms with Crippen LogP contribution in [-0.4, -0.2) is 39.0 Å². The van der Waals surface area contributed by atoms with Crippen molar-refractivity contribution in [1.29, 1.82) is 0 Å². The van der Waals surface area contributed by atoms with E-state index in [1.165, 1.54) is 11.3 Å². The molecule has 8 heteroatoms. The molecule has 0 radical (unpaired) electrons. The first-order chi connectivity index (χ1) is 12.8. The molecule has 4 heterocycles. The normalized spacial score (nSPS) is 15.2. The lowest BCUT2D eigenvalue weighted by atomic mass is 9.96. The molecule has 0 spiro atoms. The molecule has 26 heavy (non-hydrogen) atoms. The third-order valence-corrected chi connectivity index (χ3v) is 5.08. The fourth-order valence-corrected chi connectivity index (χ4v) is 3.61. The highest BCUT2D eigenvalue weighted by Crippen LogP contribution is 2.27. The molecule has 1 amide bonds. The number of hydrogen-bond donors (Lipinski definition) is 0. The van der Waals surface area contributed by atoms with Crippen LogP contribution in [0, 0.1) is 0 Å². The molecule has 1 aliphatic heterocycles. The van der Waals surface area contributed by atoms with Crippen LogP contribution in [0.15, 0.2) is 45.9 Å². The Morgan fingerprint density at radius 3 is 2.96 bits per heavy atom. The third kappa shape index (κ3) is 3.75. The molecule has 3 aromatic heterocycles. The monoisotopic (exact) mass is 370 g/mol. The average Bonchev–Trinajstić information content (AvgIpc) is 3.39. The predicted octanol–water partition coefficient (Wildman–Crippen LogP) is 3.12. The van der Waals surface area contributed by atoms with Crippen molar-refractivity contribution in [2.45, 2.75) is 25.4 Å². The van der Waals surface area contributed by atoms with E-state index in [1.807, 2.05) is 27.8 Å². The van der Waals surface area contributed by atoms with E-state index in [0.717, 1.165) is 18.4 Å². The largest absolute Gasteiger partial charge is 0.482 e. The standard InChI is InChI=1S/C18H18N4O3S/c23-18(14-5-9-26-12-14)22-7-3-13(4-8-22)17-20-16(25-21-17)11-24-15-2-1-6-19-10-15/h1-2,5-6,9-10,12-13H,3-4,7-8,11H2. The molecular weight excluding hydrogens is 352 g/mol. The Balaban J connectivity index is 1.31. The van der Waals surface area contributed by atoms with Crippen LogP contribution < -0.4 is 4.74 Å². The van der Waals surface area contributed by atoms with Crippen LogP contribution in [0.5, 0.6) is 5.75 Å². The maximum absolute atomic E-state index is 12.4. The molecule has 1 saturated heterocycles. The first-order valence-electron chi connectivity index (χ1n) is 8.46. The van der Waals surface area contributed by atoms with Gasteiger partial charge in [-0.3, -0.25) is 9.78 Å². The van der Waals surface area contributed by atoms with E-state index in [4.69, 9.17) is 9.26 Å². The van der Waals surface area contributed by atoms with Gasteiger partial charge in [0.2, 0.25) is 0 Å². The molecule has 0 atom stereocenters. The number of hydrogen-bond acceptors (Lipinski definition) is 7. The van der Waals surface area contributed by atoms with E-state index < -0.39 is 0 Å². The molecule has 0 aromatic carbocycles.